The number of carbonyl (C=O) groups is 1. The molecule has 1 aromatic carbocycles. The van der Waals surface area contributed by atoms with Crippen LogP contribution in [0.3, 0.4) is 0 Å². The van der Waals surface area contributed by atoms with E-state index in [0.717, 1.165) is 30.8 Å². The highest BCUT2D eigenvalue weighted by Crippen LogP contribution is 2.11. The van der Waals surface area contributed by atoms with Crippen LogP contribution in [0.5, 0.6) is 0 Å². The van der Waals surface area contributed by atoms with E-state index >= 15 is 0 Å². The molecule has 0 unspecified atom stereocenters. The summed E-state index contributed by atoms with van der Waals surface area (Å²) in [4.78, 5) is 27.0. The summed E-state index contributed by atoms with van der Waals surface area (Å²) in [5, 5.41) is 8.58. The van der Waals surface area contributed by atoms with E-state index in [2.05, 4.69) is 15.3 Å². The van der Waals surface area contributed by atoms with Crippen molar-refractivity contribution in [2.45, 2.75) is 13.5 Å². The molecule has 0 aliphatic carbocycles. The molecule has 1 N–H and O–H groups in total. The van der Waals surface area contributed by atoms with Crippen LogP contribution < -0.4 is 10.9 Å². The fourth-order valence-corrected chi connectivity index (χ4v) is 3.14. The number of rotatable bonds is 4. The summed E-state index contributed by atoms with van der Waals surface area (Å²) in [5.41, 5.74) is 0.496. The first-order valence-electron chi connectivity index (χ1n) is 8.54. The van der Waals surface area contributed by atoms with Crippen LogP contribution in [0.1, 0.15) is 5.69 Å². The Hall–Kier alpha value is -2.25. The van der Waals surface area contributed by atoms with Crippen LogP contribution in [0.25, 0.3) is 10.8 Å². The molecular formula is C18H24N4O3. The Kier molecular flexibility index (Phi) is 5.45. The fraction of sp³-hybridized carbons (Fsp3) is 0.500. The van der Waals surface area contributed by atoms with Crippen LogP contribution in [-0.4, -0.2) is 60.5 Å². The molecule has 0 bridgehead atoms. The molecule has 134 valence electrons. The number of carbonyl (C=O) groups excluding carboxylic acids is 1. The molecule has 1 aliphatic rings. The first-order valence-corrected chi connectivity index (χ1v) is 8.54. The number of hydrogen-bond donors (Lipinski definition) is 1. The average molecular weight is 344 g/mol. The molecule has 7 heteroatoms. The van der Waals surface area contributed by atoms with Crippen molar-refractivity contribution < 1.29 is 9.53 Å². The quantitative estimate of drug-likeness (QED) is 0.869. The minimum absolute atomic E-state index is 0.0755. The predicted octanol–water partition coefficient (Wildman–Crippen LogP) is 0.399. The van der Waals surface area contributed by atoms with Gasteiger partial charge < -0.3 is 15.0 Å². The van der Waals surface area contributed by atoms with Crippen molar-refractivity contribution in [3.05, 3.63) is 40.3 Å². The van der Waals surface area contributed by atoms with Gasteiger partial charge in [0.1, 0.15) is 6.54 Å². The summed E-state index contributed by atoms with van der Waals surface area (Å²) in [6.07, 6.45) is 0. The Balaban J connectivity index is 1.66. The van der Waals surface area contributed by atoms with E-state index in [0.29, 0.717) is 18.5 Å². The van der Waals surface area contributed by atoms with Crippen LogP contribution in [0.2, 0.25) is 0 Å². The topological polar surface area (TPSA) is 76.5 Å². The number of nitrogens with zero attached hydrogens (tertiary/aromatic N) is 3. The van der Waals surface area contributed by atoms with Crippen molar-refractivity contribution in [2.75, 3.05) is 39.9 Å². The summed E-state index contributed by atoms with van der Waals surface area (Å²) in [6.45, 7) is 5.44. The molecule has 0 spiro atoms. The summed E-state index contributed by atoms with van der Waals surface area (Å²) in [5.74, 6) is 0.0376. The van der Waals surface area contributed by atoms with Crippen LogP contribution in [0.4, 0.5) is 0 Å². The molecule has 1 fully saturated rings. The van der Waals surface area contributed by atoms with Crippen LogP contribution >= 0.6 is 0 Å². The molecule has 2 aromatic rings. The summed E-state index contributed by atoms with van der Waals surface area (Å²) in [6, 6.07) is 7.32. The van der Waals surface area contributed by atoms with E-state index in [4.69, 9.17) is 4.74 Å². The smallest absolute Gasteiger partial charge is 0.275 e. The van der Waals surface area contributed by atoms with E-state index in [-0.39, 0.29) is 23.9 Å². The highest BCUT2D eigenvalue weighted by atomic mass is 16.5. The summed E-state index contributed by atoms with van der Waals surface area (Å²) in [7, 11) is 2.05. The van der Waals surface area contributed by atoms with Crippen molar-refractivity contribution in [3.63, 3.8) is 0 Å². The van der Waals surface area contributed by atoms with Gasteiger partial charge in [-0.2, -0.15) is 5.10 Å². The Labute approximate surface area is 146 Å². The van der Waals surface area contributed by atoms with Gasteiger partial charge in [0.25, 0.3) is 5.56 Å². The number of amides is 1. The normalized spacial score (nSPS) is 18.9. The SMILES string of the molecule is Cc1nn(CC(=O)NC[C@H]2COCCN(C)C2)c(=O)c2ccccc12. The van der Waals surface area contributed by atoms with E-state index in [1.807, 2.05) is 32.2 Å². The van der Waals surface area contributed by atoms with Gasteiger partial charge in [-0.1, -0.05) is 18.2 Å². The second-order valence-corrected chi connectivity index (χ2v) is 6.60. The van der Waals surface area contributed by atoms with Gasteiger partial charge in [0.05, 0.1) is 24.3 Å². The molecule has 1 aliphatic heterocycles. The Morgan fingerprint density at radius 2 is 2.12 bits per heavy atom. The zero-order valence-electron chi connectivity index (χ0n) is 14.7. The van der Waals surface area contributed by atoms with Gasteiger partial charge in [-0.15, -0.1) is 0 Å². The van der Waals surface area contributed by atoms with Crippen molar-refractivity contribution >= 4 is 16.7 Å². The first kappa shape index (κ1) is 17.6. The fourth-order valence-electron chi connectivity index (χ4n) is 3.14. The third-order valence-corrected chi connectivity index (χ3v) is 4.47. The maximum atomic E-state index is 12.5. The zero-order valence-corrected chi connectivity index (χ0v) is 14.7. The number of fused-ring (bicyclic) bond motifs is 1. The van der Waals surface area contributed by atoms with Gasteiger partial charge in [-0.25, -0.2) is 4.68 Å². The predicted molar refractivity (Wildman–Crippen MR) is 95.6 cm³/mol. The standard InChI is InChI=1S/C18H24N4O3/c1-13-15-5-3-4-6-16(15)18(24)22(20-13)11-17(23)19-9-14-10-21(2)7-8-25-12-14/h3-6,14H,7-12H2,1-2H3,(H,19,23)/t14-/m1/s1. The minimum Gasteiger partial charge on any atom is -0.380 e. The molecule has 25 heavy (non-hydrogen) atoms. The summed E-state index contributed by atoms with van der Waals surface area (Å²) >= 11 is 0. The number of hydrogen-bond acceptors (Lipinski definition) is 5. The molecule has 1 amide bonds. The monoisotopic (exact) mass is 344 g/mol. The Morgan fingerprint density at radius 3 is 2.92 bits per heavy atom. The largest absolute Gasteiger partial charge is 0.380 e. The van der Waals surface area contributed by atoms with E-state index in [1.165, 1.54) is 4.68 Å². The number of nitrogens with one attached hydrogen (secondary N) is 1. The highest BCUT2D eigenvalue weighted by molar-refractivity contribution is 5.83. The number of ether oxygens (including phenoxy) is 1. The Bertz CT molecular complexity index is 818. The second-order valence-electron chi connectivity index (χ2n) is 6.60. The lowest BCUT2D eigenvalue weighted by Crippen LogP contribution is -2.39. The van der Waals surface area contributed by atoms with Crippen molar-refractivity contribution in [1.82, 2.24) is 20.0 Å². The van der Waals surface area contributed by atoms with Gasteiger partial charge in [0.15, 0.2) is 0 Å². The van der Waals surface area contributed by atoms with Crippen molar-refractivity contribution in [3.8, 4) is 0 Å². The third-order valence-electron chi connectivity index (χ3n) is 4.47. The number of aromatic nitrogens is 2. The number of likely N-dealkylation sites (N-methyl/N-ethyl adjacent to an activating group) is 1. The molecule has 1 atom stereocenters. The van der Waals surface area contributed by atoms with Gasteiger partial charge in [0.2, 0.25) is 5.91 Å². The number of aryl methyl sites for hydroxylation is 1. The van der Waals surface area contributed by atoms with Crippen molar-refractivity contribution in [2.24, 2.45) is 5.92 Å². The van der Waals surface area contributed by atoms with Crippen LogP contribution in [0.15, 0.2) is 29.1 Å². The lowest BCUT2D eigenvalue weighted by atomic mass is 10.1. The molecule has 1 aromatic heterocycles. The number of benzene rings is 1. The van der Waals surface area contributed by atoms with Gasteiger partial charge in [0, 0.05) is 30.9 Å². The average Bonchev–Trinajstić information content (AvgIpc) is 2.82. The van der Waals surface area contributed by atoms with Gasteiger partial charge in [-0.3, -0.25) is 9.59 Å². The second kappa shape index (κ2) is 7.76. The zero-order chi connectivity index (χ0) is 17.8. The van der Waals surface area contributed by atoms with Crippen molar-refractivity contribution in [1.29, 1.82) is 0 Å². The lowest BCUT2D eigenvalue weighted by Gasteiger charge is -2.19. The molecule has 1 saturated heterocycles. The molecule has 0 radical (unpaired) electrons. The third kappa shape index (κ3) is 4.24. The maximum absolute atomic E-state index is 12.5. The van der Waals surface area contributed by atoms with E-state index in [1.54, 1.807) is 6.07 Å². The van der Waals surface area contributed by atoms with E-state index in [9.17, 15) is 9.59 Å². The lowest BCUT2D eigenvalue weighted by molar-refractivity contribution is -0.122. The summed E-state index contributed by atoms with van der Waals surface area (Å²) < 4.78 is 6.79. The highest BCUT2D eigenvalue weighted by Gasteiger charge is 2.17. The maximum Gasteiger partial charge on any atom is 0.275 e. The van der Waals surface area contributed by atoms with Gasteiger partial charge >= 0.3 is 0 Å². The molecular weight excluding hydrogens is 320 g/mol. The first-order chi connectivity index (χ1) is 12.0. The van der Waals surface area contributed by atoms with Gasteiger partial charge in [-0.05, 0) is 20.0 Å². The molecule has 3 rings (SSSR count). The van der Waals surface area contributed by atoms with E-state index < -0.39 is 0 Å². The van der Waals surface area contributed by atoms with Crippen LogP contribution in [-0.2, 0) is 16.1 Å². The van der Waals surface area contributed by atoms with Crippen LogP contribution in [0, 0.1) is 12.8 Å². The molecule has 0 saturated carbocycles. The minimum atomic E-state index is -0.242. The Morgan fingerprint density at radius 1 is 1.36 bits per heavy atom. The molecule has 7 nitrogen and oxygen atoms in total. The molecule has 2 heterocycles.